The minimum atomic E-state index is -1.28. The number of hydrogen-bond acceptors (Lipinski definition) is 3. The molecule has 0 rings (SSSR count). The molecule has 5 heteroatoms. The van der Waals surface area contributed by atoms with Crippen LogP contribution in [0.4, 0.5) is 0 Å². The molecule has 94 valence electrons. The fourth-order valence-electron chi connectivity index (χ4n) is 1.33. The molecule has 0 heterocycles. The van der Waals surface area contributed by atoms with Crippen molar-refractivity contribution in [2.75, 3.05) is 0 Å². The molecule has 1 unspecified atom stereocenters. The van der Waals surface area contributed by atoms with E-state index in [4.69, 9.17) is 10.2 Å². The zero-order valence-corrected chi connectivity index (χ0v) is 9.68. The van der Waals surface area contributed by atoms with Gasteiger partial charge in [0.1, 0.15) is 0 Å². The molecule has 0 aliphatic carbocycles. The van der Waals surface area contributed by atoms with Crippen molar-refractivity contribution in [1.29, 1.82) is 0 Å². The van der Waals surface area contributed by atoms with Crippen molar-refractivity contribution in [3.8, 4) is 0 Å². The zero-order chi connectivity index (χ0) is 13.4. The Morgan fingerprint density at radius 2 is 1.88 bits per heavy atom. The van der Waals surface area contributed by atoms with Gasteiger partial charge in [0.2, 0.25) is 0 Å². The van der Waals surface area contributed by atoms with Gasteiger partial charge in [0.25, 0.3) is 0 Å². The van der Waals surface area contributed by atoms with Crippen LogP contribution in [-0.4, -0.2) is 27.9 Å². The van der Waals surface area contributed by atoms with Crippen molar-refractivity contribution in [1.82, 2.24) is 0 Å². The van der Waals surface area contributed by atoms with Crippen molar-refractivity contribution >= 4 is 17.7 Å². The first-order valence-electron chi connectivity index (χ1n) is 5.18. The highest BCUT2D eigenvalue weighted by Crippen LogP contribution is 2.17. The van der Waals surface area contributed by atoms with Crippen LogP contribution in [0.3, 0.4) is 0 Å². The Kier molecular flexibility index (Phi) is 6.55. The monoisotopic (exact) mass is 240 g/mol. The summed E-state index contributed by atoms with van der Waals surface area (Å²) in [6.45, 7) is 5.11. The van der Waals surface area contributed by atoms with E-state index in [0.29, 0.717) is 18.9 Å². The second kappa shape index (κ2) is 7.38. The minimum Gasteiger partial charge on any atom is -0.478 e. The summed E-state index contributed by atoms with van der Waals surface area (Å²) in [5.74, 6) is -2.69. The van der Waals surface area contributed by atoms with Gasteiger partial charge < -0.3 is 10.2 Å². The molecule has 17 heavy (non-hydrogen) atoms. The number of carboxylic acid groups (broad SMARTS) is 2. The summed E-state index contributed by atoms with van der Waals surface area (Å²) in [6, 6.07) is 0. The van der Waals surface area contributed by atoms with Gasteiger partial charge in [0.15, 0.2) is 5.78 Å². The van der Waals surface area contributed by atoms with Gasteiger partial charge in [-0.25, -0.2) is 9.59 Å². The summed E-state index contributed by atoms with van der Waals surface area (Å²) < 4.78 is 0. The number of ketones is 1. The predicted octanol–water partition coefficient (Wildman–Crippen LogP) is 1.64. The van der Waals surface area contributed by atoms with E-state index in [9.17, 15) is 14.4 Å². The van der Waals surface area contributed by atoms with E-state index >= 15 is 0 Å². The molecule has 0 spiro atoms. The third-order valence-electron chi connectivity index (χ3n) is 2.25. The lowest BCUT2D eigenvalue weighted by atomic mass is 9.95. The highest BCUT2D eigenvalue weighted by atomic mass is 16.4. The Hall–Kier alpha value is -1.91. The van der Waals surface area contributed by atoms with Gasteiger partial charge in [-0.05, 0) is 24.8 Å². The molecule has 0 fully saturated rings. The smallest absolute Gasteiger partial charge is 0.331 e. The van der Waals surface area contributed by atoms with Crippen LogP contribution in [0.1, 0.15) is 26.2 Å². The molecule has 2 N–H and O–H groups in total. The van der Waals surface area contributed by atoms with Gasteiger partial charge in [-0.3, -0.25) is 4.79 Å². The average molecular weight is 240 g/mol. The fraction of sp³-hybridized carbons (Fsp3) is 0.417. The molecule has 5 nitrogen and oxygen atoms in total. The molecule has 0 aromatic carbocycles. The van der Waals surface area contributed by atoms with Crippen molar-refractivity contribution in [3.63, 3.8) is 0 Å². The number of aliphatic carboxylic acids is 2. The third-order valence-corrected chi connectivity index (χ3v) is 2.25. The van der Waals surface area contributed by atoms with Crippen LogP contribution < -0.4 is 0 Å². The maximum absolute atomic E-state index is 11.0. The summed E-state index contributed by atoms with van der Waals surface area (Å²) in [6.07, 6.45) is 2.85. The molecular weight excluding hydrogens is 224 g/mol. The molecule has 0 saturated carbocycles. The summed E-state index contributed by atoms with van der Waals surface area (Å²) in [4.78, 5) is 32.1. The summed E-state index contributed by atoms with van der Waals surface area (Å²) in [5, 5.41) is 17.3. The molecular formula is C12H16O5. The Labute approximate surface area is 99.4 Å². The molecule has 0 bridgehead atoms. The van der Waals surface area contributed by atoms with Crippen LogP contribution in [0.2, 0.25) is 0 Å². The highest BCUT2D eigenvalue weighted by Gasteiger charge is 2.14. The summed E-state index contributed by atoms with van der Waals surface area (Å²) in [5.41, 5.74) is -0.156. The van der Waals surface area contributed by atoms with Crippen molar-refractivity contribution in [2.24, 2.45) is 5.92 Å². The molecule has 0 aromatic rings. The Bertz CT molecular complexity index is 354. The molecule has 0 aromatic heterocycles. The van der Waals surface area contributed by atoms with Gasteiger partial charge in [-0.15, -0.1) is 0 Å². The largest absolute Gasteiger partial charge is 0.478 e. The maximum atomic E-state index is 11.0. The Morgan fingerprint density at radius 3 is 2.29 bits per heavy atom. The number of carboxylic acids is 2. The van der Waals surface area contributed by atoms with Crippen LogP contribution in [0.5, 0.6) is 0 Å². The van der Waals surface area contributed by atoms with Crippen LogP contribution in [0, 0.1) is 5.92 Å². The standard InChI is InChI=1S/C12H16O5/c1-3-10(13)5-4-8(2)6-9(12(16)17)7-11(14)15/h3,7-8H,1,4-6H2,2H3,(H,14,15)(H,16,17)/b9-7-. The summed E-state index contributed by atoms with van der Waals surface area (Å²) in [7, 11) is 0. The molecule has 0 aliphatic heterocycles. The highest BCUT2D eigenvalue weighted by molar-refractivity contribution is 5.94. The predicted molar refractivity (Wildman–Crippen MR) is 61.6 cm³/mol. The SMILES string of the molecule is C=CC(=O)CCC(C)C/C(=C/C(=O)O)C(=O)O. The topological polar surface area (TPSA) is 91.7 Å². The van der Waals surface area contributed by atoms with E-state index in [1.807, 2.05) is 0 Å². The van der Waals surface area contributed by atoms with Crippen molar-refractivity contribution in [2.45, 2.75) is 26.2 Å². The van der Waals surface area contributed by atoms with Crippen LogP contribution in [0.25, 0.3) is 0 Å². The lowest BCUT2D eigenvalue weighted by Gasteiger charge is -2.10. The number of allylic oxidation sites excluding steroid dienone is 1. The van der Waals surface area contributed by atoms with Crippen LogP contribution >= 0.6 is 0 Å². The van der Waals surface area contributed by atoms with E-state index in [1.54, 1.807) is 6.92 Å². The lowest BCUT2D eigenvalue weighted by Crippen LogP contribution is -2.09. The van der Waals surface area contributed by atoms with E-state index in [-0.39, 0.29) is 23.7 Å². The number of carbonyl (C=O) groups excluding carboxylic acids is 1. The first-order valence-corrected chi connectivity index (χ1v) is 5.18. The normalized spacial score (nSPS) is 12.9. The first kappa shape index (κ1) is 15.1. The van der Waals surface area contributed by atoms with E-state index in [2.05, 4.69) is 6.58 Å². The van der Waals surface area contributed by atoms with Gasteiger partial charge in [-0.1, -0.05) is 13.5 Å². The number of rotatable bonds is 8. The second-order valence-corrected chi connectivity index (χ2v) is 3.83. The number of hydrogen-bond donors (Lipinski definition) is 2. The average Bonchev–Trinajstić information content (AvgIpc) is 2.24. The van der Waals surface area contributed by atoms with Crippen molar-refractivity contribution < 1.29 is 24.6 Å². The lowest BCUT2D eigenvalue weighted by molar-refractivity contribution is -0.135. The van der Waals surface area contributed by atoms with E-state index in [0.717, 1.165) is 0 Å². The summed E-state index contributed by atoms with van der Waals surface area (Å²) >= 11 is 0. The fourth-order valence-corrected chi connectivity index (χ4v) is 1.33. The van der Waals surface area contributed by atoms with E-state index < -0.39 is 11.9 Å². The first-order chi connectivity index (χ1) is 7.86. The van der Waals surface area contributed by atoms with Gasteiger partial charge in [-0.2, -0.15) is 0 Å². The van der Waals surface area contributed by atoms with E-state index in [1.165, 1.54) is 6.08 Å². The number of carbonyl (C=O) groups is 3. The van der Waals surface area contributed by atoms with Crippen LogP contribution in [0.15, 0.2) is 24.3 Å². The quantitative estimate of drug-likeness (QED) is 0.629. The van der Waals surface area contributed by atoms with Gasteiger partial charge >= 0.3 is 11.9 Å². The third kappa shape index (κ3) is 7.05. The maximum Gasteiger partial charge on any atom is 0.331 e. The molecule has 0 saturated heterocycles. The van der Waals surface area contributed by atoms with Crippen molar-refractivity contribution in [3.05, 3.63) is 24.3 Å². The minimum absolute atomic E-state index is 0.0689. The zero-order valence-electron chi connectivity index (χ0n) is 9.68. The Balaban J connectivity index is 4.37. The molecule has 1 atom stereocenters. The molecule has 0 radical (unpaired) electrons. The Morgan fingerprint density at radius 1 is 1.29 bits per heavy atom. The molecule has 0 amide bonds. The van der Waals surface area contributed by atoms with Gasteiger partial charge in [0, 0.05) is 18.1 Å². The van der Waals surface area contributed by atoms with Gasteiger partial charge in [0.05, 0.1) is 0 Å². The second-order valence-electron chi connectivity index (χ2n) is 3.83. The molecule has 0 aliphatic rings. The van der Waals surface area contributed by atoms with Crippen LogP contribution in [-0.2, 0) is 14.4 Å².